The van der Waals surface area contributed by atoms with E-state index in [1.807, 2.05) is 0 Å². The van der Waals surface area contributed by atoms with Gasteiger partial charge in [0.2, 0.25) is 5.91 Å². The van der Waals surface area contributed by atoms with E-state index < -0.39 is 11.6 Å². The summed E-state index contributed by atoms with van der Waals surface area (Å²) in [7, 11) is 0. The molecule has 20 heavy (non-hydrogen) atoms. The Labute approximate surface area is 117 Å². The quantitative estimate of drug-likeness (QED) is 0.716. The first-order valence-electron chi connectivity index (χ1n) is 6.72. The fraction of sp³-hybridized carbons (Fsp3) is 0.500. The molecule has 1 saturated heterocycles. The number of hydrogen-bond acceptors (Lipinski definition) is 4. The SMILES string of the molecule is CCCNC1COCC1C(=O)Nc1ccc(O)c(F)c1. The van der Waals surface area contributed by atoms with Gasteiger partial charge in [0.15, 0.2) is 11.6 Å². The molecular formula is C14H19FN2O3. The van der Waals surface area contributed by atoms with Crippen molar-refractivity contribution in [3.05, 3.63) is 24.0 Å². The van der Waals surface area contributed by atoms with Gasteiger partial charge in [-0.2, -0.15) is 0 Å². The number of halogens is 1. The van der Waals surface area contributed by atoms with Gasteiger partial charge in [-0.25, -0.2) is 4.39 Å². The van der Waals surface area contributed by atoms with Crippen molar-refractivity contribution in [2.75, 3.05) is 25.1 Å². The lowest BCUT2D eigenvalue weighted by Crippen LogP contribution is -2.41. The minimum atomic E-state index is -0.758. The molecule has 3 N–H and O–H groups in total. The zero-order valence-electron chi connectivity index (χ0n) is 11.4. The number of carbonyl (C=O) groups excluding carboxylic acids is 1. The van der Waals surface area contributed by atoms with E-state index in [9.17, 15) is 9.18 Å². The summed E-state index contributed by atoms with van der Waals surface area (Å²) in [5, 5.41) is 15.0. The van der Waals surface area contributed by atoms with E-state index in [4.69, 9.17) is 9.84 Å². The molecule has 2 rings (SSSR count). The molecule has 0 spiro atoms. The zero-order valence-corrected chi connectivity index (χ0v) is 11.4. The first-order valence-corrected chi connectivity index (χ1v) is 6.72. The lowest BCUT2D eigenvalue weighted by molar-refractivity contribution is -0.120. The van der Waals surface area contributed by atoms with Gasteiger partial charge >= 0.3 is 0 Å². The number of phenols is 1. The van der Waals surface area contributed by atoms with Crippen LogP contribution in [0.25, 0.3) is 0 Å². The third-order valence-electron chi connectivity index (χ3n) is 3.29. The molecule has 0 bridgehead atoms. The normalized spacial score (nSPS) is 21.9. The van der Waals surface area contributed by atoms with Crippen LogP contribution in [0.15, 0.2) is 18.2 Å². The van der Waals surface area contributed by atoms with Crippen LogP contribution < -0.4 is 10.6 Å². The van der Waals surface area contributed by atoms with Crippen LogP contribution >= 0.6 is 0 Å². The lowest BCUT2D eigenvalue weighted by Gasteiger charge is -2.18. The molecule has 2 atom stereocenters. The Balaban J connectivity index is 1.98. The molecule has 1 aliphatic rings. The molecule has 1 heterocycles. The summed E-state index contributed by atoms with van der Waals surface area (Å²) in [4.78, 5) is 12.2. The maximum absolute atomic E-state index is 13.2. The Morgan fingerprint density at radius 3 is 3.00 bits per heavy atom. The molecule has 5 nitrogen and oxygen atoms in total. The topological polar surface area (TPSA) is 70.6 Å². The molecule has 1 aliphatic heterocycles. The number of ether oxygens (including phenoxy) is 1. The van der Waals surface area contributed by atoms with Crippen LogP contribution in [0.2, 0.25) is 0 Å². The third-order valence-corrected chi connectivity index (χ3v) is 3.29. The van der Waals surface area contributed by atoms with Gasteiger partial charge in [0.25, 0.3) is 0 Å². The van der Waals surface area contributed by atoms with Crippen LogP contribution in [0.5, 0.6) is 5.75 Å². The summed E-state index contributed by atoms with van der Waals surface area (Å²) in [5.74, 6) is -1.69. The van der Waals surface area contributed by atoms with Crippen molar-refractivity contribution in [1.82, 2.24) is 5.32 Å². The average molecular weight is 282 g/mol. The highest BCUT2D eigenvalue weighted by Crippen LogP contribution is 2.21. The van der Waals surface area contributed by atoms with Gasteiger partial charge in [0.05, 0.1) is 19.1 Å². The van der Waals surface area contributed by atoms with Crippen LogP contribution in [-0.4, -0.2) is 36.8 Å². The first-order chi connectivity index (χ1) is 9.61. The third kappa shape index (κ3) is 3.46. The van der Waals surface area contributed by atoms with E-state index in [1.165, 1.54) is 12.1 Å². The Morgan fingerprint density at radius 2 is 2.30 bits per heavy atom. The number of nitrogens with one attached hydrogen (secondary N) is 2. The Kier molecular flexibility index (Phi) is 4.92. The second kappa shape index (κ2) is 6.67. The summed E-state index contributed by atoms with van der Waals surface area (Å²) >= 11 is 0. The smallest absolute Gasteiger partial charge is 0.231 e. The van der Waals surface area contributed by atoms with Crippen molar-refractivity contribution in [1.29, 1.82) is 0 Å². The molecule has 110 valence electrons. The van der Waals surface area contributed by atoms with E-state index in [0.717, 1.165) is 19.0 Å². The summed E-state index contributed by atoms with van der Waals surface area (Å²) in [6, 6.07) is 3.75. The molecule has 0 saturated carbocycles. The first kappa shape index (κ1) is 14.7. The lowest BCUT2D eigenvalue weighted by atomic mass is 10.0. The number of rotatable bonds is 5. The zero-order chi connectivity index (χ0) is 14.5. The molecule has 2 unspecified atom stereocenters. The Bertz CT molecular complexity index is 481. The summed E-state index contributed by atoms with van der Waals surface area (Å²) < 4.78 is 18.5. The number of aromatic hydroxyl groups is 1. The molecule has 0 aromatic heterocycles. The van der Waals surface area contributed by atoms with Crippen molar-refractivity contribution in [3.8, 4) is 5.75 Å². The highest BCUT2D eigenvalue weighted by Gasteiger charge is 2.33. The second-order valence-corrected chi connectivity index (χ2v) is 4.86. The van der Waals surface area contributed by atoms with Gasteiger partial charge in [-0.15, -0.1) is 0 Å². The number of benzene rings is 1. The maximum atomic E-state index is 13.2. The average Bonchev–Trinajstić information content (AvgIpc) is 2.89. The standard InChI is InChI=1S/C14H19FN2O3/c1-2-5-16-12-8-20-7-10(12)14(19)17-9-3-4-13(18)11(15)6-9/h3-4,6,10,12,16,18H,2,5,7-8H2,1H3,(H,17,19). The summed E-state index contributed by atoms with van der Waals surface area (Å²) in [6.07, 6.45) is 0.980. The van der Waals surface area contributed by atoms with Gasteiger partial charge in [0.1, 0.15) is 0 Å². The minimum Gasteiger partial charge on any atom is -0.505 e. The van der Waals surface area contributed by atoms with Crippen LogP contribution in [0.4, 0.5) is 10.1 Å². The molecule has 1 amide bonds. The fourth-order valence-corrected chi connectivity index (χ4v) is 2.16. The number of hydrogen-bond donors (Lipinski definition) is 3. The monoisotopic (exact) mass is 282 g/mol. The van der Waals surface area contributed by atoms with Gasteiger partial charge in [-0.05, 0) is 25.1 Å². The molecule has 0 radical (unpaired) electrons. The Morgan fingerprint density at radius 1 is 1.50 bits per heavy atom. The predicted molar refractivity (Wildman–Crippen MR) is 73.1 cm³/mol. The fourth-order valence-electron chi connectivity index (χ4n) is 2.16. The number of amides is 1. The van der Waals surface area contributed by atoms with E-state index in [-0.39, 0.29) is 17.9 Å². The second-order valence-electron chi connectivity index (χ2n) is 4.86. The minimum absolute atomic E-state index is 0.0167. The molecule has 1 fully saturated rings. The van der Waals surface area contributed by atoms with E-state index in [2.05, 4.69) is 17.6 Å². The van der Waals surface area contributed by atoms with Crippen LogP contribution in [0.3, 0.4) is 0 Å². The molecule has 1 aromatic rings. The van der Waals surface area contributed by atoms with Crippen molar-refractivity contribution in [3.63, 3.8) is 0 Å². The van der Waals surface area contributed by atoms with E-state index in [0.29, 0.717) is 18.9 Å². The van der Waals surface area contributed by atoms with Crippen LogP contribution in [-0.2, 0) is 9.53 Å². The Hall–Kier alpha value is -1.66. The molecule has 1 aromatic carbocycles. The highest BCUT2D eigenvalue weighted by atomic mass is 19.1. The number of anilines is 1. The number of carbonyl (C=O) groups is 1. The maximum Gasteiger partial charge on any atom is 0.231 e. The largest absolute Gasteiger partial charge is 0.505 e. The van der Waals surface area contributed by atoms with Crippen LogP contribution in [0, 0.1) is 11.7 Å². The highest BCUT2D eigenvalue weighted by molar-refractivity contribution is 5.93. The van der Waals surface area contributed by atoms with Crippen molar-refractivity contribution < 1.29 is 19.0 Å². The van der Waals surface area contributed by atoms with Crippen LogP contribution in [0.1, 0.15) is 13.3 Å². The summed E-state index contributed by atoms with van der Waals surface area (Å²) in [6.45, 7) is 3.73. The van der Waals surface area contributed by atoms with Gasteiger partial charge in [-0.1, -0.05) is 6.92 Å². The van der Waals surface area contributed by atoms with E-state index in [1.54, 1.807) is 0 Å². The molecule has 0 aliphatic carbocycles. The van der Waals surface area contributed by atoms with E-state index >= 15 is 0 Å². The van der Waals surface area contributed by atoms with Gasteiger partial charge in [-0.3, -0.25) is 4.79 Å². The van der Waals surface area contributed by atoms with Gasteiger partial charge in [0, 0.05) is 17.8 Å². The summed E-state index contributed by atoms with van der Waals surface area (Å²) in [5.41, 5.74) is 0.325. The van der Waals surface area contributed by atoms with Crippen molar-refractivity contribution in [2.45, 2.75) is 19.4 Å². The molecule has 6 heteroatoms. The van der Waals surface area contributed by atoms with Crippen molar-refractivity contribution >= 4 is 11.6 Å². The van der Waals surface area contributed by atoms with Crippen molar-refractivity contribution in [2.24, 2.45) is 5.92 Å². The van der Waals surface area contributed by atoms with Gasteiger partial charge < -0.3 is 20.5 Å². The predicted octanol–water partition coefficient (Wildman–Crippen LogP) is 1.48. The number of phenolic OH excluding ortho intramolecular Hbond substituents is 1. The molecular weight excluding hydrogens is 263 g/mol.